The van der Waals surface area contributed by atoms with Gasteiger partial charge in [0.25, 0.3) is 0 Å². The highest BCUT2D eigenvalue weighted by Gasteiger charge is 2.35. The smallest absolute Gasteiger partial charge is 0.229 e. The Balaban J connectivity index is 1.71. The standard InChI is InChI=1S/C18H17BrN2O2/c1-12-7-8-15(10-16(12)19)21-11-13(9-17(21)22)18(23)20-14-5-3-2-4-6-14/h2-8,10,13H,9,11H2,1H3,(H,20,23). The normalized spacial score (nSPS) is 17.4. The van der Waals surface area contributed by atoms with Crippen molar-refractivity contribution in [2.24, 2.45) is 5.92 Å². The van der Waals surface area contributed by atoms with Crippen LogP contribution >= 0.6 is 15.9 Å². The number of carbonyl (C=O) groups is 2. The van der Waals surface area contributed by atoms with Crippen LogP contribution in [0.2, 0.25) is 0 Å². The molecule has 2 amide bonds. The summed E-state index contributed by atoms with van der Waals surface area (Å²) >= 11 is 3.48. The number of para-hydroxylation sites is 1. The van der Waals surface area contributed by atoms with Crippen LogP contribution < -0.4 is 10.2 Å². The van der Waals surface area contributed by atoms with Crippen molar-refractivity contribution in [1.29, 1.82) is 0 Å². The molecule has 4 nitrogen and oxygen atoms in total. The van der Waals surface area contributed by atoms with E-state index in [1.807, 2.05) is 55.5 Å². The van der Waals surface area contributed by atoms with E-state index in [0.717, 1.165) is 21.4 Å². The fourth-order valence-electron chi connectivity index (χ4n) is 2.65. The molecule has 1 heterocycles. The zero-order valence-corrected chi connectivity index (χ0v) is 14.3. The molecule has 1 aliphatic heterocycles. The largest absolute Gasteiger partial charge is 0.326 e. The lowest BCUT2D eigenvalue weighted by Gasteiger charge is -2.17. The van der Waals surface area contributed by atoms with Gasteiger partial charge in [-0.2, -0.15) is 0 Å². The third-order valence-electron chi connectivity index (χ3n) is 4.00. The first kappa shape index (κ1) is 15.7. The van der Waals surface area contributed by atoms with E-state index >= 15 is 0 Å². The molecule has 1 unspecified atom stereocenters. The SMILES string of the molecule is Cc1ccc(N2CC(C(=O)Nc3ccccc3)CC2=O)cc1Br. The van der Waals surface area contributed by atoms with Crippen molar-refractivity contribution in [3.8, 4) is 0 Å². The Morgan fingerprint density at radius 1 is 1.22 bits per heavy atom. The monoisotopic (exact) mass is 372 g/mol. The van der Waals surface area contributed by atoms with Crippen LogP contribution in [0.5, 0.6) is 0 Å². The maximum absolute atomic E-state index is 12.4. The van der Waals surface area contributed by atoms with Gasteiger partial charge in [0.1, 0.15) is 0 Å². The lowest BCUT2D eigenvalue weighted by molar-refractivity contribution is -0.122. The fourth-order valence-corrected chi connectivity index (χ4v) is 3.01. The van der Waals surface area contributed by atoms with Crippen molar-refractivity contribution in [3.05, 3.63) is 58.6 Å². The van der Waals surface area contributed by atoms with Crippen LogP contribution in [-0.4, -0.2) is 18.4 Å². The highest BCUT2D eigenvalue weighted by atomic mass is 79.9. The topological polar surface area (TPSA) is 49.4 Å². The van der Waals surface area contributed by atoms with Crippen LogP contribution in [-0.2, 0) is 9.59 Å². The highest BCUT2D eigenvalue weighted by Crippen LogP contribution is 2.29. The van der Waals surface area contributed by atoms with Crippen molar-refractivity contribution in [1.82, 2.24) is 0 Å². The molecule has 2 aromatic rings. The van der Waals surface area contributed by atoms with Gasteiger partial charge in [-0.05, 0) is 36.8 Å². The van der Waals surface area contributed by atoms with Gasteiger partial charge < -0.3 is 10.2 Å². The van der Waals surface area contributed by atoms with Crippen LogP contribution in [0.3, 0.4) is 0 Å². The minimum absolute atomic E-state index is 0.0195. The third-order valence-corrected chi connectivity index (χ3v) is 4.86. The summed E-state index contributed by atoms with van der Waals surface area (Å²) in [6.07, 6.45) is 0.240. The van der Waals surface area contributed by atoms with Crippen LogP contribution in [0, 0.1) is 12.8 Å². The summed E-state index contributed by atoms with van der Waals surface area (Å²) in [4.78, 5) is 26.3. The fraction of sp³-hybridized carbons (Fsp3) is 0.222. The first-order chi connectivity index (χ1) is 11.0. The van der Waals surface area contributed by atoms with Gasteiger partial charge in [0.15, 0.2) is 0 Å². The predicted molar refractivity (Wildman–Crippen MR) is 94.4 cm³/mol. The van der Waals surface area contributed by atoms with E-state index in [9.17, 15) is 9.59 Å². The number of halogens is 1. The Morgan fingerprint density at radius 3 is 2.65 bits per heavy atom. The van der Waals surface area contributed by atoms with E-state index in [0.29, 0.717) is 6.54 Å². The number of carbonyl (C=O) groups excluding carboxylic acids is 2. The molecule has 1 aliphatic rings. The lowest BCUT2D eigenvalue weighted by Crippen LogP contribution is -2.28. The van der Waals surface area contributed by atoms with Crippen molar-refractivity contribution in [3.63, 3.8) is 0 Å². The number of nitrogens with one attached hydrogen (secondary N) is 1. The van der Waals surface area contributed by atoms with Crippen molar-refractivity contribution >= 4 is 39.1 Å². The number of rotatable bonds is 3. The molecule has 0 aliphatic carbocycles. The van der Waals surface area contributed by atoms with Crippen LogP contribution in [0.25, 0.3) is 0 Å². The van der Waals surface area contributed by atoms with Crippen molar-refractivity contribution < 1.29 is 9.59 Å². The Morgan fingerprint density at radius 2 is 1.96 bits per heavy atom. The number of hydrogen-bond donors (Lipinski definition) is 1. The predicted octanol–water partition coefficient (Wildman–Crippen LogP) is 3.75. The number of benzene rings is 2. The summed E-state index contributed by atoms with van der Waals surface area (Å²) in [5.74, 6) is -0.463. The Hall–Kier alpha value is -2.14. The van der Waals surface area contributed by atoms with Gasteiger partial charge in [-0.15, -0.1) is 0 Å². The first-order valence-electron chi connectivity index (χ1n) is 7.47. The number of anilines is 2. The Kier molecular flexibility index (Phi) is 4.48. The molecule has 23 heavy (non-hydrogen) atoms. The van der Waals surface area contributed by atoms with Gasteiger partial charge in [0.2, 0.25) is 11.8 Å². The maximum Gasteiger partial charge on any atom is 0.229 e. The molecule has 2 aromatic carbocycles. The minimum Gasteiger partial charge on any atom is -0.326 e. The van der Waals surface area contributed by atoms with Gasteiger partial charge in [-0.1, -0.05) is 40.2 Å². The molecular formula is C18H17BrN2O2. The molecule has 3 rings (SSSR count). The summed E-state index contributed by atoms with van der Waals surface area (Å²) in [5, 5.41) is 2.87. The summed E-state index contributed by atoms with van der Waals surface area (Å²) in [6.45, 7) is 2.41. The van der Waals surface area contributed by atoms with Gasteiger partial charge in [-0.25, -0.2) is 0 Å². The quantitative estimate of drug-likeness (QED) is 0.891. The second kappa shape index (κ2) is 6.54. The minimum atomic E-state index is -0.331. The average molecular weight is 373 g/mol. The van der Waals surface area contributed by atoms with E-state index in [2.05, 4.69) is 21.2 Å². The molecule has 1 atom stereocenters. The van der Waals surface area contributed by atoms with Gasteiger partial charge in [-0.3, -0.25) is 9.59 Å². The molecule has 118 valence electrons. The third kappa shape index (κ3) is 3.45. The molecule has 1 saturated heterocycles. The summed E-state index contributed by atoms with van der Waals surface area (Å²) in [7, 11) is 0. The van der Waals surface area contributed by atoms with Gasteiger partial charge >= 0.3 is 0 Å². The lowest BCUT2D eigenvalue weighted by atomic mass is 10.1. The summed E-state index contributed by atoms with van der Waals surface area (Å²) in [6, 6.07) is 15.1. The van der Waals surface area contributed by atoms with E-state index in [4.69, 9.17) is 0 Å². The Bertz CT molecular complexity index is 746. The van der Waals surface area contributed by atoms with E-state index in [1.54, 1.807) is 4.90 Å². The van der Waals surface area contributed by atoms with E-state index < -0.39 is 0 Å². The number of aryl methyl sites for hydroxylation is 1. The first-order valence-corrected chi connectivity index (χ1v) is 8.26. The van der Waals surface area contributed by atoms with Crippen LogP contribution in [0.1, 0.15) is 12.0 Å². The summed E-state index contributed by atoms with van der Waals surface area (Å²) < 4.78 is 0.958. The molecule has 1 N–H and O–H groups in total. The second-order valence-corrected chi connectivity index (χ2v) is 6.55. The highest BCUT2D eigenvalue weighted by molar-refractivity contribution is 9.10. The average Bonchev–Trinajstić information content (AvgIpc) is 2.93. The van der Waals surface area contributed by atoms with E-state index in [-0.39, 0.29) is 24.2 Å². The molecule has 0 bridgehead atoms. The van der Waals surface area contributed by atoms with Gasteiger partial charge in [0.05, 0.1) is 5.92 Å². The van der Waals surface area contributed by atoms with Crippen molar-refractivity contribution in [2.45, 2.75) is 13.3 Å². The van der Waals surface area contributed by atoms with Crippen LogP contribution in [0.15, 0.2) is 53.0 Å². The molecule has 0 spiro atoms. The van der Waals surface area contributed by atoms with E-state index in [1.165, 1.54) is 0 Å². The maximum atomic E-state index is 12.4. The van der Waals surface area contributed by atoms with Gasteiger partial charge in [0, 0.05) is 28.8 Å². The number of amides is 2. The second-order valence-electron chi connectivity index (χ2n) is 5.69. The van der Waals surface area contributed by atoms with Crippen LogP contribution in [0.4, 0.5) is 11.4 Å². The zero-order valence-electron chi connectivity index (χ0n) is 12.8. The Labute approximate surface area is 143 Å². The molecule has 0 aromatic heterocycles. The summed E-state index contributed by atoms with van der Waals surface area (Å²) in [5.41, 5.74) is 2.68. The zero-order chi connectivity index (χ0) is 16.4. The molecular weight excluding hydrogens is 356 g/mol. The molecule has 0 radical (unpaired) electrons. The number of nitrogens with zero attached hydrogens (tertiary/aromatic N) is 1. The molecule has 5 heteroatoms. The van der Waals surface area contributed by atoms with Crippen molar-refractivity contribution in [2.75, 3.05) is 16.8 Å². The molecule has 1 fully saturated rings. The number of hydrogen-bond acceptors (Lipinski definition) is 2. The molecule has 0 saturated carbocycles.